The van der Waals surface area contributed by atoms with E-state index in [0.717, 1.165) is 30.2 Å². The Morgan fingerprint density at radius 3 is 2.11 bits per heavy atom. The van der Waals surface area contributed by atoms with Gasteiger partial charge in [0.1, 0.15) is 17.2 Å². The maximum absolute atomic E-state index is 5.36. The normalized spacial score (nSPS) is 10.7. The molecule has 0 amide bonds. The summed E-state index contributed by atoms with van der Waals surface area (Å²) < 4.78 is 15.9. The van der Waals surface area contributed by atoms with Crippen molar-refractivity contribution in [1.82, 2.24) is 5.32 Å². The predicted octanol–water partition coefficient (Wildman–Crippen LogP) is 2.34. The number of likely N-dealkylation sites (N-methyl/N-ethyl adjacent to an activating group) is 1. The van der Waals surface area contributed by atoms with Crippen LogP contribution in [0.25, 0.3) is 6.08 Å². The highest BCUT2D eigenvalue weighted by molar-refractivity contribution is 5.66. The van der Waals surface area contributed by atoms with Crippen molar-refractivity contribution >= 4 is 6.08 Å². The van der Waals surface area contributed by atoms with E-state index < -0.39 is 0 Å². The first kappa shape index (κ1) is 14.4. The summed E-state index contributed by atoms with van der Waals surface area (Å²) in [6.07, 6.45) is 4.02. The van der Waals surface area contributed by atoms with Gasteiger partial charge in [0.15, 0.2) is 0 Å². The fourth-order valence-corrected chi connectivity index (χ4v) is 1.60. The van der Waals surface area contributed by atoms with Crippen molar-refractivity contribution in [3.8, 4) is 17.2 Å². The monoisotopic (exact) mass is 251 g/mol. The van der Waals surface area contributed by atoms with Gasteiger partial charge in [-0.2, -0.15) is 0 Å². The van der Waals surface area contributed by atoms with E-state index >= 15 is 0 Å². The van der Waals surface area contributed by atoms with Crippen molar-refractivity contribution in [2.75, 3.05) is 34.4 Å². The summed E-state index contributed by atoms with van der Waals surface area (Å²) in [4.78, 5) is 0. The van der Waals surface area contributed by atoms with Crippen molar-refractivity contribution in [2.45, 2.75) is 6.92 Å². The molecule has 0 atom stereocenters. The third kappa shape index (κ3) is 3.67. The smallest absolute Gasteiger partial charge is 0.133 e. The van der Waals surface area contributed by atoms with Crippen LogP contribution < -0.4 is 19.5 Å². The summed E-state index contributed by atoms with van der Waals surface area (Å²) in [6.45, 7) is 3.83. The molecule has 1 rings (SSSR count). The molecule has 18 heavy (non-hydrogen) atoms. The second-order valence-electron chi connectivity index (χ2n) is 3.66. The molecular formula is C14H21NO3. The lowest BCUT2D eigenvalue weighted by Crippen LogP contribution is -2.11. The Morgan fingerprint density at radius 1 is 1.06 bits per heavy atom. The van der Waals surface area contributed by atoms with Gasteiger partial charge in [-0.05, 0) is 6.54 Å². The first-order valence-electron chi connectivity index (χ1n) is 5.94. The van der Waals surface area contributed by atoms with Gasteiger partial charge >= 0.3 is 0 Å². The van der Waals surface area contributed by atoms with Crippen LogP contribution in [0, 0.1) is 0 Å². The van der Waals surface area contributed by atoms with E-state index in [0.29, 0.717) is 5.75 Å². The Morgan fingerprint density at radius 2 is 1.67 bits per heavy atom. The molecule has 1 aromatic rings. The van der Waals surface area contributed by atoms with Crippen LogP contribution in [0.15, 0.2) is 18.2 Å². The van der Waals surface area contributed by atoms with Gasteiger partial charge in [-0.1, -0.05) is 19.1 Å². The Balaban J connectivity index is 3.03. The first-order chi connectivity index (χ1) is 8.76. The van der Waals surface area contributed by atoms with Crippen molar-refractivity contribution < 1.29 is 14.2 Å². The second kappa shape index (κ2) is 7.61. The van der Waals surface area contributed by atoms with Crippen LogP contribution in [-0.2, 0) is 0 Å². The molecule has 0 heterocycles. The molecule has 0 aliphatic carbocycles. The Hall–Kier alpha value is -1.68. The van der Waals surface area contributed by atoms with Gasteiger partial charge < -0.3 is 19.5 Å². The molecule has 4 nitrogen and oxygen atoms in total. The van der Waals surface area contributed by atoms with Crippen LogP contribution >= 0.6 is 0 Å². The maximum atomic E-state index is 5.36. The minimum Gasteiger partial charge on any atom is -0.496 e. The summed E-state index contributed by atoms with van der Waals surface area (Å²) in [5.41, 5.74) is 0.915. The van der Waals surface area contributed by atoms with E-state index in [1.54, 1.807) is 21.3 Å². The Kier molecular flexibility index (Phi) is 6.08. The van der Waals surface area contributed by atoms with E-state index in [4.69, 9.17) is 14.2 Å². The molecule has 0 saturated carbocycles. The van der Waals surface area contributed by atoms with Gasteiger partial charge in [-0.25, -0.2) is 0 Å². The summed E-state index contributed by atoms with van der Waals surface area (Å²) in [7, 11) is 4.89. The number of hydrogen-bond donors (Lipinski definition) is 1. The summed E-state index contributed by atoms with van der Waals surface area (Å²) in [5.74, 6) is 2.19. The zero-order chi connectivity index (χ0) is 13.4. The molecule has 1 aromatic carbocycles. The van der Waals surface area contributed by atoms with E-state index in [1.165, 1.54) is 0 Å². The number of benzene rings is 1. The van der Waals surface area contributed by atoms with Crippen LogP contribution in [0.1, 0.15) is 12.5 Å². The maximum Gasteiger partial charge on any atom is 0.133 e. The van der Waals surface area contributed by atoms with Crippen molar-refractivity contribution in [2.24, 2.45) is 0 Å². The molecule has 100 valence electrons. The molecule has 0 aliphatic heterocycles. The number of methoxy groups -OCH3 is 3. The fourth-order valence-electron chi connectivity index (χ4n) is 1.60. The Labute approximate surface area is 109 Å². The molecule has 0 fully saturated rings. The molecule has 1 N–H and O–H groups in total. The van der Waals surface area contributed by atoms with Crippen LogP contribution in [0.3, 0.4) is 0 Å². The second-order valence-corrected chi connectivity index (χ2v) is 3.66. The molecule has 0 aliphatic rings. The van der Waals surface area contributed by atoms with Crippen molar-refractivity contribution in [3.05, 3.63) is 23.8 Å². The molecule has 0 radical (unpaired) electrons. The Bertz CT molecular complexity index is 377. The lowest BCUT2D eigenvalue weighted by atomic mass is 10.1. The molecule has 0 saturated heterocycles. The summed E-state index contributed by atoms with van der Waals surface area (Å²) >= 11 is 0. The molecular weight excluding hydrogens is 230 g/mol. The highest BCUT2D eigenvalue weighted by Crippen LogP contribution is 2.34. The van der Waals surface area contributed by atoms with E-state index in [1.807, 2.05) is 24.3 Å². The van der Waals surface area contributed by atoms with Gasteiger partial charge in [0, 0.05) is 18.7 Å². The standard InChI is InChI=1S/C14H21NO3/c1-5-15-8-6-7-12-13(17-3)9-11(16-2)10-14(12)18-4/h6-7,9-10,15H,5,8H2,1-4H3. The van der Waals surface area contributed by atoms with Gasteiger partial charge in [-0.15, -0.1) is 0 Å². The zero-order valence-corrected chi connectivity index (χ0v) is 11.4. The highest BCUT2D eigenvalue weighted by atomic mass is 16.5. The molecule has 0 aromatic heterocycles. The van der Waals surface area contributed by atoms with Crippen LogP contribution in [0.5, 0.6) is 17.2 Å². The van der Waals surface area contributed by atoms with Gasteiger partial charge in [0.2, 0.25) is 0 Å². The van der Waals surface area contributed by atoms with E-state index in [9.17, 15) is 0 Å². The minimum absolute atomic E-state index is 0.715. The first-order valence-corrected chi connectivity index (χ1v) is 5.94. The lowest BCUT2D eigenvalue weighted by molar-refractivity contribution is 0.374. The average molecular weight is 251 g/mol. The van der Waals surface area contributed by atoms with Gasteiger partial charge in [0.05, 0.1) is 26.9 Å². The van der Waals surface area contributed by atoms with Crippen LogP contribution in [0.2, 0.25) is 0 Å². The molecule has 0 spiro atoms. The van der Waals surface area contributed by atoms with Gasteiger partial charge in [0.25, 0.3) is 0 Å². The molecule has 0 unspecified atom stereocenters. The van der Waals surface area contributed by atoms with Crippen LogP contribution in [0.4, 0.5) is 0 Å². The minimum atomic E-state index is 0.715. The molecule has 0 bridgehead atoms. The SMILES string of the molecule is CCNCC=Cc1c(OC)cc(OC)cc1OC. The average Bonchev–Trinajstić information content (AvgIpc) is 2.42. The number of ether oxygens (including phenoxy) is 3. The number of hydrogen-bond acceptors (Lipinski definition) is 4. The van der Waals surface area contributed by atoms with E-state index in [-0.39, 0.29) is 0 Å². The fraction of sp³-hybridized carbons (Fsp3) is 0.429. The topological polar surface area (TPSA) is 39.7 Å². The quantitative estimate of drug-likeness (QED) is 0.755. The molecule has 4 heteroatoms. The summed E-state index contributed by atoms with van der Waals surface area (Å²) in [5, 5.41) is 3.22. The predicted molar refractivity (Wildman–Crippen MR) is 73.7 cm³/mol. The van der Waals surface area contributed by atoms with Crippen molar-refractivity contribution in [1.29, 1.82) is 0 Å². The largest absolute Gasteiger partial charge is 0.496 e. The van der Waals surface area contributed by atoms with Crippen LogP contribution in [-0.4, -0.2) is 34.4 Å². The van der Waals surface area contributed by atoms with Crippen molar-refractivity contribution in [3.63, 3.8) is 0 Å². The zero-order valence-electron chi connectivity index (χ0n) is 11.4. The highest BCUT2D eigenvalue weighted by Gasteiger charge is 2.10. The van der Waals surface area contributed by atoms with Gasteiger partial charge in [-0.3, -0.25) is 0 Å². The lowest BCUT2D eigenvalue weighted by Gasteiger charge is -2.12. The number of nitrogens with one attached hydrogen (secondary N) is 1. The summed E-state index contributed by atoms with van der Waals surface area (Å²) in [6, 6.07) is 3.69. The van der Waals surface area contributed by atoms with E-state index in [2.05, 4.69) is 12.2 Å². The number of rotatable bonds is 7. The third-order valence-corrected chi connectivity index (χ3v) is 2.55. The third-order valence-electron chi connectivity index (χ3n) is 2.55.